The quantitative estimate of drug-likeness (QED) is 0.788. The number of ether oxygens (including phenoxy) is 1. The monoisotopic (exact) mass is 345 g/mol. The van der Waals surface area contributed by atoms with Gasteiger partial charge in [0.15, 0.2) is 0 Å². The Morgan fingerprint density at radius 2 is 2.05 bits per heavy atom. The van der Waals surface area contributed by atoms with Crippen LogP contribution in [0, 0.1) is 5.82 Å². The van der Waals surface area contributed by atoms with Crippen LogP contribution in [0.15, 0.2) is 22.7 Å². The molecule has 0 aliphatic heterocycles. The molecule has 5 heteroatoms. The number of carbonyl (C=O) groups is 1. The zero-order valence-corrected chi connectivity index (χ0v) is 14.0. The number of carbonyl (C=O) groups excluding carboxylic acids is 1. The molecular weight excluding hydrogens is 325 g/mol. The first kappa shape index (κ1) is 17.0. The van der Waals surface area contributed by atoms with Gasteiger partial charge in [0.1, 0.15) is 11.4 Å². The zero-order valence-electron chi connectivity index (χ0n) is 12.4. The van der Waals surface area contributed by atoms with E-state index in [-0.39, 0.29) is 12.4 Å². The van der Waals surface area contributed by atoms with E-state index < -0.39 is 11.7 Å². The molecule has 0 spiro atoms. The molecule has 0 atom stereocenters. The van der Waals surface area contributed by atoms with Crippen LogP contribution in [0.3, 0.4) is 0 Å². The molecule has 3 nitrogen and oxygen atoms in total. The molecule has 0 heterocycles. The minimum Gasteiger partial charge on any atom is -0.444 e. The summed E-state index contributed by atoms with van der Waals surface area (Å²) in [6.07, 6.45) is 0.361. The van der Waals surface area contributed by atoms with Gasteiger partial charge in [-0.15, -0.1) is 0 Å². The third-order valence-corrected chi connectivity index (χ3v) is 3.30. The summed E-state index contributed by atoms with van der Waals surface area (Å²) in [5.41, 5.74) is -0.0953. The molecule has 0 saturated heterocycles. The van der Waals surface area contributed by atoms with Crippen molar-refractivity contribution >= 4 is 22.0 Å². The number of rotatable bonds is 4. The van der Waals surface area contributed by atoms with E-state index >= 15 is 0 Å². The lowest BCUT2D eigenvalue weighted by molar-refractivity contribution is 0.0231. The van der Waals surface area contributed by atoms with Crippen molar-refractivity contribution in [1.29, 1.82) is 0 Å². The van der Waals surface area contributed by atoms with Crippen LogP contribution in [-0.4, -0.2) is 23.1 Å². The van der Waals surface area contributed by atoms with E-state index in [9.17, 15) is 9.18 Å². The lowest BCUT2D eigenvalue weighted by Gasteiger charge is -2.27. The molecule has 0 aromatic heterocycles. The molecule has 20 heavy (non-hydrogen) atoms. The maximum Gasteiger partial charge on any atom is 0.410 e. The standard InChI is InChI=1S/C15H21BrFNO2/c1-5-9-18(14(19)20-15(2,3)4)10-11-12(16)7-6-8-13(11)17/h6-8H,5,9-10H2,1-4H3. The molecule has 0 saturated carbocycles. The van der Waals surface area contributed by atoms with Crippen molar-refractivity contribution in [3.05, 3.63) is 34.1 Å². The predicted molar refractivity (Wildman–Crippen MR) is 81.0 cm³/mol. The summed E-state index contributed by atoms with van der Waals surface area (Å²) < 4.78 is 19.9. The highest BCUT2D eigenvalue weighted by Crippen LogP contribution is 2.22. The lowest BCUT2D eigenvalue weighted by Crippen LogP contribution is -2.37. The maximum absolute atomic E-state index is 13.8. The normalized spacial score (nSPS) is 11.3. The molecule has 0 aliphatic carbocycles. The molecule has 1 amide bonds. The lowest BCUT2D eigenvalue weighted by atomic mass is 10.2. The molecule has 0 bridgehead atoms. The van der Waals surface area contributed by atoms with Crippen LogP contribution < -0.4 is 0 Å². The molecule has 0 unspecified atom stereocenters. The van der Waals surface area contributed by atoms with Gasteiger partial charge in [0.25, 0.3) is 0 Å². The first-order chi connectivity index (χ1) is 9.24. The van der Waals surface area contributed by atoms with Crippen molar-refractivity contribution in [2.24, 2.45) is 0 Å². The average molecular weight is 346 g/mol. The third-order valence-electron chi connectivity index (χ3n) is 2.56. The van der Waals surface area contributed by atoms with Crippen LogP contribution in [0.2, 0.25) is 0 Å². The van der Waals surface area contributed by atoms with Gasteiger partial charge in [-0.25, -0.2) is 9.18 Å². The first-order valence-electron chi connectivity index (χ1n) is 6.65. The van der Waals surface area contributed by atoms with E-state index in [0.717, 1.165) is 6.42 Å². The second-order valence-corrected chi connectivity index (χ2v) is 6.46. The number of amides is 1. The van der Waals surface area contributed by atoms with Crippen molar-refractivity contribution in [2.45, 2.75) is 46.3 Å². The van der Waals surface area contributed by atoms with E-state index in [0.29, 0.717) is 16.6 Å². The zero-order chi connectivity index (χ0) is 15.3. The Morgan fingerprint density at radius 3 is 2.55 bits per heavy atom. The molecule has 0 radical (unpaired) electrons. The van der Waals surface area contributed by atoms with Gasteiger partial charge in [-0.05, 0) is 39.3 Å². The summed E-state index contributed by atoms with van der Waals surface area (Å²) in [6, 6.07) is 4.78. The van der Waals surface area contributed by atoms with Gasteiger partial charge in [0, 0.05) is 16.6 Å². The van der Waals surface area contributed by atoms with Crippen LogP contribution in [-0.2, 0) is 11.3 Å². The van der Waals surface area contributed by atoms with Gasteiger partial charge >= 0.3 is 6.09 Å². The van der Waals surface area contributed by atoms with Crippen molar-refractivity contribution in [3.8, 4) is 0 Å². The van der Waals surface area contributed by atoms with Crippen LogP contribution in [0.25, 0.3) is 0 Å². The van der Waals surface area contributed by atoms with Crippen LogP contribution in [0.4, 0.5) is 9.18 Å². The molecule has 0 N–H and O–H groups in total. The second-order valence-electron chi connectivity index (χ2n) is 5.60. The van der Waals surface area contributed by atoms with Gasteiger partial charge in [0.2, 0.25) is 0 Å². The van der Waals surface area contributed by atoms with E-state index in [4.69, 9.17) is 4.74 Å². The minimum atomic E-state index is -0.560. The van der Waals surface area contributed by atoms with E-state index in [1.54, 1.807) is 12.1 Å². The Hall–Kier alpha value is -1.10. The van der Waals surface area contributed by atoms with Crippen molar-refractivity contribution < 1.29 is 13.9 Å². The number of benzene rings is 1. The average Bonchev–Trinajstić information content (AvgIpc) is 2.30. The van der Waals surface area contributed by atoms with E-state index in [1.165, 1.54) is 11.0 Å². The summed E-state index contributed by atoms with van der Waals surface area (Å²) in [7, 11) is 0. The minimum absolute atomic E-state index is 0.190. The summed E-state index contributed by atoms with van der Waals surface area (Å²) in [5.74, 6) is -0.330. The van der Waals surface area contributed by atoms with Crippen molar-refractivity contribution in [2.75, 3.05) is 6.54 Å². The topological polar surface area (TPSA) is 29.5 Å². The third kappa shape index (κ3) is 5.12. The molecule has 0 aliphatic rings. The molecule has 1 aromatic rings. The summed E-state index contributed by atoms with van der Waals surface area (Å²) in [6.45, 7) is 8.12. The highest BCUT2D eigenvalue weighted by Gasteiger charge is 2.23. The summed E-state index contributed by atoms with van der Waals surface area (Å²) in [5, 5.41) is 0. The van der Waals surface area contributed by atoms with Crippen molar-refractivity contribution in [1.82, 2.24) is 4.90 Å². The fraction of sp³-hybridized carbons (Fsp3) is 0.533. The Labute approximate surface area is 128 Å². The Balaban J connectivity index is 2.90. The predicted octanol–water partition coefficient (Wildman–Crippen LogP) is 4.74. The fourth-order valence-corrected chi connectivity index (χ4v) is 2.17. The van der Waals surface area contributed by atoms with Gasteiger partial charge in [0.05, 0.1) is 6.54 Å². The Morgan fingerprint density at radius 1 is 1.40 bits per heavy atom. The highest BCUT2D eigenvalue weighted by atomic mass is 79.9. The van der Waals surface area contributed by atoms with E-state index in [2.05, 4.69) is 15.9 Å². The summed E-state index contributed by atoms with van der Waals surface area (Å²) in [4.78, 5) is 13.7. The summed E-state index contributed by atoms with van der Waals surface area (Å²) >= 11 is 3.32. The second kappa shape index (κ2) is 7.07. The van der Waals surface area contributed by atoms with E-state index in [1.807, 2.05) is 27.7 Å². The largest absolute Gasteiger partial charge is 0.444 e. The highest BCUT2D eigenvalue weighted by molar-refractivity contribution is 9.10. The first-order valence-corrected chi connectivity index (χ1v) is 7.44. The maximum atomic E-state index is 13.8. The van der Waals surface area contributed by atoms with Crippen molar-refractivity contribution in [3.63, 3.8) is 0 Å². The van der Waals surface area contributed by atoms with Gasteiger partial charge < -0.3 is 9.64 Å². The fourth-order valence-electron chi connectivity index (χ4n) is 1.71. The number of nitrogens with zero attached hydrogens (tertiary/aromatic N) is 1. The van der Waals surface area contributed by atoms with Gasteiger partial charge in [-0.3, -0.25) is 0 Å². The van der Waals surface area contributed by atoms with Crippen LogP contribution >= 0.6 is 15.9 Å². The Kier molecular flexibility index (Phi) is 5.99. The van der Waals surface area contributed by atoms with Gasteiger partial charge in [-0.2, -0.15) is 0 Å². The number of hydrogen-bond acceptors (Lipinski definition) is 2. The molecule has 0 fully saturated rings. The Bertz CT molecular complexity index is 451. The molecule has 112 valence electrons. The number of hydrogen-bond donors (Lipinski definition) is 0. The van der Waals surface area contributed by atoms with Crippen LogP contribution in [0.5, 0.6) is 0 Å². The SMILES string of the molecule is CCCN(Cc1c(F)cccc1Br)C(=O)OC(C)(C)C. The molecular formula is C15H21BrFNO2. The van der Waals surface area contributed by atoms with Crippen LogP contribution in [0.1, 0.15) is 39.7 Å². The smallest absolute Gasteiger partial charge is 0.410 e. The van der Waals surface area contributed by atoms with Gasteiger partial charge in [-0.1, -0.05) is 28.9 Å². The number of halogens is 2. The molecule has 1 rings (SSSR count). The molecule has 1 aromatic carbocycles.